The highest BCUT2D eigenvalue weighted by molar-refractivity contribution is 5.98. The Labute approximate surface area is 184 Å². The summed E-state index contributed by atoms with van der Waals surface area (Å²) in [6.45, 7) is 0. The van der Waals surface area contributed by atoms with Gasteiger partial charge in [-0.25, -0.2) is 4.79 Å². The number of carbonyl (C=O) groups excluding carboxylic acids is 1. The summed E-state index contributed by atoms with van der Waals surface area (Å²) >= 11 is 0. The van der Waals surface area contributed by atoms with Gasteiger partial charge in [0.1, 0.15) is 11.7 Å². The Bertz CT molecular complexity index is 1320. The highest BCUT2D eigenvalue weighted by Gasteiger charge is 2.22. The molecule has 0 saturated carbocycles. The van der Waals surface area contributed by atoms with E-state index in [0.717, 1.165) is 27.5 Å². The van der Waals surface area contributed by atoms with Crippen molar-refractivity contribution in [3.05, 3.63) is 102 Å². The molecule has 4 rings (SSSR count). The quantitative estimate of drug-likeness (QED) is 0.486. The molecule has 1 aromatic heterocycles. The number of carbonyl (C=O) groups is 2. The zero-order valence-corrected chi connectivity index (χ0v) is 17.0. The Morgan fingerprint density at radius 2 is 1.56 bits per heavy atom. The summed E-state index contributed by atoms with van der Waals surface area (Å²) in [5.41, 5.74) is 3.45. The van der Waals surface area contributed by atoms with Gasteiger partial charge < -0.3 is 10.4 Å². The van der Waals surface area contributed by atoms with Crippen LogP contribution in [-0.2, 0) is 11.2 Å². The summed E-state index contributed by atoms with van der Waals surface area (Å²) in [6, 6.07) is 24.9. The highest BCUT2D eigenvalue weighted by Crippen LogP contribution is 2.21. The van der Waals surface area contributed by atoms with Crippen LogP contribution < -0.4 is 5.32 Å². The summed E-state index contributed by atoms with van der Waals surface area (Å²) in [7, 11) is 0. The lowest BCUT2D eigenvalue weighted by Crippen LogP contribution is -2.42. The lowest BCUT2D eigenvalue weighted by atomic mass is 10.00. The van der Waals surface area contributed by atoms with Gasteiger partial charge in [0, 0.05) is 18.0 Å². The first-order valence-electron chi connectivity index (χ1n) is 10.0. The Hall–Kier alpha value is -4.50. The number of carboxylic acids is 1. The molecular formula is C26H19N3O3. The summed E-state index contributed by atoms with van der Waals surface area (Å²) in [4.78, 5) is 28.6. The van der Waals surface area contributed by atoms with E-state index < -0.39 is 17.9 Å². The molecule has 0 saturated heterocycles. The van der Waals surface area contributed by atoms with Crippen LogP contribution in [0.25, 0.3) is 21.9 Å². The first-order chi connectivity index (χ1) is 15.5. The number of benzene rings is 3. The van der Waals surface area contributed by atoms with Crippen LogP contribution in [-0.4, -0.2) is 28.0 Å². The average molecular weight is 421 g/mol. The fourth-order valence-electron chi connectivity index (χ4n) is 3.45. The molecule has 2 N–H and O–H groups in total. The molecule has 6 nitrogen and oxygen atoms in total. The molecule has 0 bridgehead atoms. The van der Waals surface area contributed by atoms with Gasteiger partial charge in [0.25, 0.3) is 5.91 Å². The molecule has 1 heterocycles. The van der Waals surface area contributed by atoms with Crippen molar-refractivity contribution in [2.24, 2.45) is 0 Å². The van der Waals surface area contributed by atoms with E-state index in [4.69, 9.17) is 5.26 Å². The van der Waals surface area contributed by atoms with E-state index in [1.165, 1.54) is 0 Å². The standard InChI is InChI=1S/C26H19N3O3/c27-15-18-7-11-20(12-8-18)19-9-5-17(6-10-19)13-24(26(31)32)29-25(30)23-14-21-3-1-2-4-22(21)16-28-23/h1-12,14,16,24H,13H2,(H,29,30)(H,31,32). The predicted molar refractivity (Wildman–Crippen MR) is 121 cm³/mol. The Kier molecular flexibility index (Phi) is 5.91. The number of hydrogen-bond acceptors (Lipinski definition) is 4. The van der Waals surface area contributed by atoms with Gasteiger partial charge in [0.2, 0.25) is 0 Å². The minimum atomic E-state index is -1.12. The molecule has 0 aliphatic heterocycles. The van der Waals surface area contributed by atoms with E-state index in [1.54, 1.807) is 24.4 Å². The van der Waals surface area contributed by atoms with E-state index in [1.807, 2.05) is 60.7 Å². The average Bonchev–Trinajstić information content (AvgIpc) is 2.83. The molecule has 1 amide bonds. The molecule has 1 unspecified atom stereocenters. The van der Waals surface area contributed by atoms with Crippen molar-refractivity contribution in [1.29, 1.82) is 5.26 Å². The van der Waals surface area contributed by atoms with Crippen LogP contribution in [0.15, 0.2) is 85.1 Å². The topological polar surface area (TPSA) is 103 Å². The van der Waals surface area contributed by atoms with E-state index in [-0.39, 0.29) is 12.1 Å². The van der Waals surface area contributed by atoms with Gasteiger partial charge in [-0.05, 0) is 40.3 Å². The number of hydrogen-bond donors (Lipinski definition) is 2. The molecule has 0 aliphatic carbocycles. The number of carboxylic acid groups (broad SMARTS) is 1. The second kappa shape index (κ2) is 9.11. The molecule has 156 valence electrons. The van der Waals surface area contributed by atoms with Crippen molar-refractivity contribution in [1.82, 2.24) is 10.3 Å². The third-order valence-electron chi connectivity index (χ3n) is 5.21. The highest BCUT2D eigenvalue weighted by atomic mass is 16.4. The fourth-order valence-corrected chi connectivity index (χ4v) is 3.45. The predicted octanol–water partition coefficient (Wildman–Crippen LogP) is 4.20. The van der Waals surface area contributed by atoms with Crippen LogP contribution in [0.2, 0.25) is 0 Å². The maximum absolute atomic E-state index is 12.6. The van der Waals surface area contributed by atoms with Crippen LogP contribution in [0.3, 0.4) is 0 Å². The molecular weight excluding hydrogens is 402 g/mol. The number of aromatic nitrogens is 1. The normalized spacial score (nSPS) is 11.5. The first-order valence-corrected chi connectivity index (χ1v) is 10.0. The molecule has 6 heteroatoms. The maximum Gasteiger partial charge on any atom is 0.326 e. The Balaban J connectivity index is 1.47. The number of nitriles is 1. The largest absolute Gasteiger partial charge is 0.480 e. The number of nitrogens with zero attached hydrogens (tertiary/aromatic N) is 2. The third kappa shape index (κ3) is 4.63. The number of amides is 1. The SMILES string of the molecule is N#Cc1ccc(-c2ccc(CC(NC(=O)c3cc4ccccc4cn3)C(=O)O)cc2)cc1. The second-order valence-corrected chi connectivity index (χ2v) is 7.37. The summed E-state index contributed by atoms with van der Waals surface area (Å²) in [6.07, 6.45) is 1.74. The molecule has 3 aromatic carbocycles. The molecule has 0 fully saturated rings. The van der Waals surface area contributed by atoms with E-state index in [9.17, 15) is 14.7 Å². The van der Waals surface area contributed by atoms with Crippen LogP contribution in [0.5, 0.6) is 0 Å². The van der Waals surface area contributed by atoms with Crippen LogP contribution in [0, 0.1) is 11.3 Å². The van der Waals surface area contributed by atoms with Crippen molar-refractivity contribution < 1.29 is 14.7 Å². The van der Waals surface area contributed by atoms with E-state index in [0.29, 0.717) is 5.56 Å². The molecule has 32 heavy (non-hydrogen) atoms. The number of aliphatic carboxylic acids is 1. The summed E-state index contributed by atoms with van der Waals surface area (Å²) in [5.74, 6) is -1.65. The Morgan fingerprint density at radius 3 is 2.19 bits per heavy atom. The zero-order valence-electron chi connectivity index (χ0n) is 17.0. The molecule has 1 atom stereocenters. The monoisotopic (exact) mass is 421 g/mol. The van der Waals surface area contributed by atoms with Gasteiger partial charge in [-0.1, -0.05) is 60.7 Å². The van der Waals surface area contributed by atoms with Crippen molar-refractivity contribution >= 4 is 22.6 Å². The van der Waals surface area contributed by atoms with Gasteiger partial charge in [-0.2, -0.15) is 5.26 Å². The van der Waals surface area contributed by atoms with Gasteiger partial charge in [-0.3, -0.25) is 9.78 Å². The molecule has 0 spiro atoms. The smallest absolute Gasteiger partial charge is 0.326 e. The van der Waals surface area contributed by atoms with Crippen LogP contribution >= 0.6 is 0 Å². The van der Waals surface area contributed by atoms with Crippen molar-refractivity contribution in [2.75, 3.05) is 0 Å². The summed E-state index contributed by atoms with van der Waals surface area (Å²) < 4.78 is 0. The van der Waals surface area contributed by atoms with Crippen LogP contribution in [0.1, 0.15) is 21.6 Å². The number of pyridine rings is 1. The number of rotatable bonds is 6. The minimum Gasteiger partial charge on any atom is -0.480 e. The van der Waals surface area contributed by atoms with Gasteiger partial charge in [0.05, 0.1) is 11.6 Å². The zero-order chi connectivity index (χ0) is 22.5. The lowest BCUT2D eigenvalue weighted by molar-refractivity contribution is -0.139. The number of nitrogens with one attached hydrogen (secondary N) is 1. The minimum absolute atomic E-state index is 0.141. The lowest BCUT2D eigenvalue weighted by Gasteiger charge is -2.15. The molecule has 4 aromatic rings. The van der Waals surface area contributed by atoms with Gasteiger partial charge in [0.15, 0.2) is 0 Å². The molecule has 0 aliphatic rings. The van der Waals surface area contributed by atoms with Crippen LogP contribution in [0.4, 0.5) is 0 Å². The van der Waals surface area contributed by atoms with Gasteiger partial charge in [-0.15, -0.1) is 0 Å². The second-order valence-electron chi connectivity index (χ2n) is 7.37. The fraction of sp³-hybridized carbons (Fsp3) is 0.0769. The third-order valence-corrected chi connectivity index (χ3v) is 5.21. The van der Waals surface area contributed by atoms with Crippen molar-refractivity contribution in [3.8, 4) is 17.2 Å². The maximum atomic E-state index is 12.6. The summed E-state index contributed by atoms with van der Waals surface area (Å²) in [5, 5.41) is 22.9. The van der Waals surface area contributed by atoms with Gasteiger partial charge >= 0.3 is 5.97 Å². The van der Waals surface area contributed by atoms with E-state index in [2.05, 4.69) is 16.4 Å². The molecule has 0 radical (unpaired) electrons. The van der Waals surface area contributed by atoms with Crippen molar-refractivity contribution in [3.63, 3.8) is 0 Å². The van der Waals surface area contributed by atoms with Crippen molar-refractivity contribution in [2.45, 2.75) is 12.5 Å². The number of fused-ring (bicyclic) bond motifs is 1. The van der Waals surface area contributed by atoms with E-state index >= 15 is 0 Å². The Morgan fingerprint density at radius 1 is 0.938 bits per heavy atom. The first kappa shape index (κ1) is 20.8.